The smallest absolute Gasteiger partial charge is 0.335 e. The Bertz CT molecular complexity index is 1200. The van der Waals surface area contributed by atoms with Crippen molar-refractivity contribution in [1.82, 2.24) is 0 Å². The molecule has 3 nitrogen and oxygen atoms in total. The fourth-order valence-electron chi connectivity index (χ4n) is 3.94. The molecule has 6 heteroatoms. The van der Waals surface area contributed by atoms with Gasteiger partial charge in [-0.25, -0.2) is 18.0 Å². The molecule has 0 aliphatic rings. The maximum Gasteiger partial charge on any atom is 0.335 e. The van der Waals surface area contributed by atoms with Crippen LogP contribution in [0.3, 0.4) is 0 Å². The highest BCUT2D eigenvalue weighted by molar-refractivity contribution is 5.87. The van der Waals surface area contributed by atoms with Gasteiger partial charge in [0.15, 0.2) is 11.6 Å². The Balaban J connectivity index is 1.69. The summed E-state index contributed by atoms with van der Waals surface area (Å²) in [5.41, 5.74) is 2.59. The largest absolute Gasteiger partial charge is 0.462 e. The molecule has 0 radical (unpaired) electrons. The van der Waals surface area contributed by atoms with Crippen molar-refractivity contribution in [2.75, 3.05) is 13.2 Å². The van der Waals surface area contributed by atoms with E-state index in [1.807, 2.05) is 24.3 Å². The van der Waals surface area contributed by atoms with Gasteiger partial charge in [-0.1, -0.05) is 74.9 Å². The number of carbonyl (C=O) groups excluding carboxylic acids is 1. The van der Waals surface area contributed by atoms with Gasteiger partial charge in [-0.2, -0.15) is 0 Å². The summed E-state index contributed by atoms with van der Waals surface area (Å²) in [4.78, 5) is 11.5. The molecular formula is C30H31F3O3. The first-order valence-electron chi connectivity index (χ1n) is 12.2. The molecule has 0 fully saturated rings. The highest BCUT2D eigenvalue weighted by atomic mass is 19.2. The van der Waals surface area contributed by atoms with Gasteiger partial charge >= 0.3 is 5.97 Å². The minimum atomic E-state index is -1.12. The van der Waals surface area contributed by atoms with Gasteiger partial charge in [0, 0.05) is 11.1 Å². The molecule has 0 saturated carbocycles. The molecule has 0 aliphatic carbocycles. The van der Waals surface area contributed by atoms with E-state index in [-0.39, 0.29) is 41.7 Å². The molecule has 0 aromatic heterocycles. The molecule has 190 valence electrons. The highest BCUT2D eigenvalue weighted by Crippen LogP contribution is 2.32. The number of aryl methyl sites for hydroxylation is 2. The number of carbonyl (C=O) groups is 1. The topological polar surface area (TPSA) is 46.5 Å². The Labute approximate surface area is 210 Å². The Morgan fingerprint density at radius 1 is 0.861 bits per heavy atom. The molecule has 1 N–H and O–H groups in total. The summed E-state index contributed by atoms with van der Waals surface area (Å²) in [6.45, 7) is 4.98. The van der Waals surface area contributed by atoms with Gasteiger partial charge in [0.2, 0.25) is 0 Å². The van der Waals surface area contributed by atoms with Gasteiger partial charge in [0.1, 0.15) is 5.82 Å². The highest BCUT2D eigenvalue weighted by Gasteiger charge is 2.18. The van der Waals surface area contributed by atoms with E-state index in [2.05, 4.69) is 13.5 Å². The van der Waals surface area contributed by atoms with Crippen LogP contribution in [0.25, 0.3) is 22.3 Å². The van der Waals surface area contributed by atoms with Crippen molar-refractivity contribution < 1.29 is 27.8 Å². The standard InChI is InChI=1S/C30H31F3O3/c1-3-4-5-7-21-9-11-22(12-10-21)24-14-15-25(27(31)18-24)26-16-13-23(28(32)29(26)33)8-6-17-36-30(35)20(2)19-34/h9-16,18,34H,2-8,17,19H2,1H3. The number of unbranched alkanes of at least 4 members (excludes halogenated alkanes) is 2. The number of aliphatic hydroxyl groups is 1. The maximum atomic E-state index is 15.0. The van der Waals surface area contributed by atoms with Gasteiger partial charge in [-0.3, -0.25) is 0 Å². The number of esters is 1. The number of aliphatic hydroxyl groups excluding tert-OH is 1. The number of rotatable bonds is 12. The van der Waals surface area contributed by atoms with E-state index in [1.165, 1.54) is 36.2 Å². The lowest BCUT2D eigenvalue weighted by Crippen LogP contribution is -2.11. The number of benzene rings is 3. The summed E-state index contributed by atoms with van der Waals surface area (Å²) in [5, 5.41) is 8.84. The van der Waals surface area contributed by atoms with Crippen LogP contribution in [0.4, 0.5) is 13.2 Å². The first-order chi connectivity index (χ1) is 17.3. The second kappa shape index (κ2) is 13.1. The SMILES string of the molecule is C=C(CO)C(=O)OCCCc1ccc(-c2ccc(-c3ccc(CCCCC)cc3)cc2F)c(F)c1F. The molecule has 3 aromatic rings. The van der Waals surface area contributed by atoms with Crippen molar-refractivity contribution in [2.24, 2.45) is 0 Å². The zero-order chi connectivity index (χ0) is 26.1. The number of halogens is 3. The van der Waals surface area contributed by atoms with Gasteiger partial charge in [0.25, 0.3) is 0 Å². The Morgan fingerprint density at radius 2 is 1.56 bits per heavy atom. The maximum absolute atomic E-state index is 15.0. The summed E-state index contributed by atoms with van der Waals surface area (Å²) in [7, 11) is 0. The third kappa shape index (κ3) is 6.85. The third-order valence-electron chi connectivity index (χ3n) is 6.08. The fourth-order valence-corrected chi connectivity index (χ4v) is 3.94. The van der Waals surface area contributed by atoms with Gasteiger partial charge in [-0.05, 0) is 54.0 Å². The fraction of sp³-hybridized carbons (Fsp3) is 0.300. The monoisotopic (exact) mass is 496 g/mol. The molecule has 3 rings (SSSR count). The number of hydrogen-bond acceptors (Lipinski definition) is 3. The molecule has 0 amide bonds. The van der Waals surface area contributed by atoms with E-state index < -0.39 is 30.0 Å². The first kappa shape index (κ1) is 27.2. The third-order valence-corrected chi connectivity index (χ3v) is 6.08. The zero-order valence-corrected chi connectivity index (χ0v) is 20.5. The number of ether oxygens (including phenoxy) is 1. The van der Waals surface area contributed by atoms with Crippen LogP contribution in [0.1, 0.15) is 43.7 Å². The summed E-state index contributed by atoms with van der Waals surface area (Å²) in [5.74, 6) is -3.55. The van der Waals surface area contributed by atoms with Crippen LogP contribution in [-0.4, -0.2) is 24.3 Å². The van der Waals surface area contributed by atoms with E-state index in [0.29, 0.717) is 5.56 Å². The minimum Gasteiger partial charge on any atom is -0.462 e. The lowest BCUT2D eigenvalue weighted by Gasteiger charge is -2.11. The van der Waals surface area contributed by atoms with Crippen LogP contribution in [0.2, 0.25) is 0 Å². The van der Waals surface area contributed by atoms with Crippen molar-refractivity contribution >= 4 is 5.97 Å². The molecule has 0 bridgehead atoms. The Morgan fingerprint density at radius 3 is 2.22 bits per heavy atom. The summed E-state index contributed by atoms with van der Waals surface area (Å²) in [6.07, 6.45) is 4.86. The van der Waals surface area contributed by atoms with E-state index >= 15 is 0 Å². The van der Waals surface area contributed by atoms with Crippen molar-refractivity contribution in [3.05, 3.63) is 95.3 Å². The molecule has 3 aromatic carbocycles. The van der Waals surface area contributed by atoms with Crippen molar-refractivity contribution in [2.45, 2.75) is 45.4 Å². The van der Waals surface area contributed by atoms with E-state index in [9.17, 15) is 18.0 Å². The van der Waals surface area contributed by atoms with Crippen LogP contribution in [0.15, 0.2) is 66.7 Å². The second-order valence-corrected chi connectivity index (χ2v) is 8.75. The average molecular weight is 497 g/mol. The van der Waals surface area contributed by atoms with Gasteiger partial charge in [-0.15, -0.1) is 0 Å². The zero-order valence-electron chi connectivity index (χ0n) is 20.5. The van der Waals surface area contributed by atoms with Crippen molar-refractivity contribution in [3.8, 4) is 22.3 Å². The van der Waals surface area contributed by atoms with Crippen LogP contribution in [-0.2, 0) is 22.4 Å². The summed E-state index contributed by atoms with van der Waals surface area (Å²) in [6, 6.07) is 15.2. The quantitative estimate of drug-likeness (QED) is 0.164. The van der Waals surface area contributed by atoms with Gasteiger partial charge in [0.05, 0.1) is 18.8 Å². The predicted molar refractivity (Wildman–Crippen MR) is 136 cm³/mol. The minimum absolute atomic E-state index is 0.0191. The molecule has 0 heterocycles. The van der Waals surface area contributed by atoms with E-state index in [1.54, 1.807) is 6.07 Å². The van der Waals surface area contributed by atoms with E-state index in [4.69, 9.17) is 9.84 Å². The van der Waals surface area contributed by atoms with Crippen LogP contribution in [0.5, 0.6) is 0 Å². The lowest BCUT2D eigenvalue weighted by molar-refractivity contribution is -0.139. The Hall–Kier alpha value is -3.38. The summed E-state index contributed by atoms with van der Waals surface area (Å²) < 4.78 is 49.4. The summed E-state index contributed by atoms with van der Waals surface area (Å²) >= 11 is 0. The predicted octanol–water partition coefficient (Wildman–Crippen LogP) is 7.19. The van der Waals surface area contributed by atoms with Crippen LogP contribution in [0, 0.1) is 17.5 Å². The second-order valence-electron chi connectivity index (χ2n) is 8.75. The van der Waals surface area contributed by atoms with Gasteiger partial charge < -0.3 is 9.84 Å². The Kier molecular flexibility index (Phi) is 9.88. The molecule has 0 spiro atoms. The molecule has 0 atom stereocenters. The molecule has 0 saturated heterocycles. The van der Waals surface area contributed by atoms with Crippen molar-refractivity contribution in [3.63, 3.8) is 0 Å². The molecule has 0 unspecified atom stereocenters. The first-order valence-corrected chi connectivity index (χ1v) is 12.2. The van der Waals surface area contributed by atoms with Crippen LogP contribution >= 0.6 is 0 Å². The molecular weight excluding hydrogens is 465 g/mol. The molecule has 0 aliphatic heterocycles. The lowest BCUT2D eigenvalue weighted by atomic mass is 9.96. The van der Waals surface area contributed by atoms with E-state index in [0.717, 1.165) is 24.8 Å². The van der Waals surface area contributed by atoms with Crippen LogP contribution < -0.4 is 0 Å². The molecule has 36 heavy (non-hydrogen) atoms. The number of hydrogen-bond donors (Lipinski definition) is 1. The van der Waals surface area contributed by atoms with Crippen molar-refractivity contribution in [1.29, 1.82) is 0 Å². The average Bonchev–Trinajstić information content (AvgIpc) is 2.89. The normalized spacial score (nSPS) is 10.9.